The summed E-state index contributed by atoms with van der Waals surface area (Å²) in [5, 5.41) is 17.9. The molecule has 2 aromatic carbocycles. The second kappa shape index (κ2) is 18.5. The number of benzene rings is 2. The molecule has 16 nitrogen and oxygen atoms in total. The van der Waals surface area contributed by atoms with E-state index in [1.807, 2.05) is 0 Å². The molecule has 3 heterocycles. The number of sulfone groups is 1. The summed E-state index contributed by atoms with van der Waals surface area (Å²) < 4.78 is 198. The number of sulfonamides is 1. The first-order chi connectivity index (χ1) is 33.0. The van der Waals surface area contributed by atoms with E-state index in [2.05, 4.69) is 20.5 Å². The fourth-order valence-electron chi connectivity index (χ4n) is 8.63. The van der Waals surface area contributed by atoms with E-state index in [-0.39, 0.29) is 55.3 Å². The van der Waals surface area contributed by atoms with Crippen molar-refractivity contribution in [3.8, 4) is 11.1 Å². The third-order valence-corrected chi connectivity index (χ3v) is 15.8. The number of halogens is 11. The molecule has 2 aliphatic rings. The second-order valence-electron chi connectivity index (χ2n) is 18.2. The fourth-order valence-corrected chi connectivity index (χ4v) is 10.2. The Morgan fingerprint density at radius 2 is 1.57 bits per heavy atom. The molecule has 5 aromatic rings. The predicted octanol–water partition coefficient (Wildman–Crippen LogP) is 7.77. The number of nitrogens with zero attached hydrogens (tertiary/aromatic N) is 7. The SMILES string of the molecule is CN(CC(=O)O)C(=O)N(c1nn(CC(F)(F)F)c2c(-c3ccc(CCC(C)(C)S(C)(=O)=O)nc3[C@H](Cc3cc(F)cc(F)c3)NC(=O)Cn3nc(C(F)(F)F)c4c3C(F)(F)C3C[C@H]43)ccc(Cl)c12)S(C)(=O)=O. The van der Waals surface area contributed by atoms with Crippen LogP contribution in [0.1, 0.15) is 72.6 Å². The van der Waals surface area contributed by atoms with Gasteiger partial charge in [-0.25, -0.2) is 30.4 Å². The highest BCUT2D eigenvalue weighted by Crippen LogP contribution is 2.68. The molecule has 29 heteroatoms. The van der Waals surface area contributed by atoms with Gasteiger partial charge in [0.2, 0.25) is 15.9 Å². The molecule has 1 fully saturated rings. The van der Waals surface area contributed by atoms with Crippen molar-refractivity contribution in [3.05, 3.63) is 93.0 Å². The number of urea groups is 1. The second-order valence-corrected chi connectivity index (χ2v) is 23.1. The average Bonchev–Trinajstić information content (AvgIpc) is 3.73. The molecule has 0 spiro atoms. The van der Waals surface area contributed by atoms with Crippen molar-refractivity contribution < 1.29 is 80.2 Å². The summed E-state index contributed by atoms with van der Waals surface area (Å²) in [4.78, 5) is 44.4. The number of carboxylic acids is 1. The van der Waals surface area contributed by atoms with Crippen LogP contribution in [0.25, 0.3) is 22.0 Å². The number of aliphatic carboxylic acids is 1. The minimum absolute atomic E-state index is 0.0266. The van der Waals surface area contributed by atoms with Crippen LogP contribution in [0.4, 0.5) is 54.5 Å². The van der Waals surface area contributed by atoms with Crippen LogP contribution >= 0.6 is 11.6 Å². The number of fused-ring (bicyclic) bond motifs is 4. The Hall–Kier alpha value is -6.03. The van der Waals surface area contributed by atoms with Gasteiger partial charge in [-0.2, -0.15) is 49.6 Å². The molecule has 3 aromatic heterocycles. The number of alkyl halides is 8. The van der Waals surface area contributed by atoms with Gasteiger partial charge < -0.3 is 15.3 Å². The Balaban J connectivity index is 1.47. The minimum atomic E-state index is -5.23. The lowest BCUT2D eigenvalue weighted by Gasteiger charge is -2.25. The van der Waals surface area contributed by atoms with Gasteiger partial charge >= 0.3 is 24.4 Å². The Bertz CT molecular complexity index is 3250. The van der Waals surface area contributed by atoms with Gasteiger partial charge in [-0.3, -0.25) is 23.9 Å². The third-order valence-electron chi connectivity index (χ3n) is 12.3. The summed E-state index contributed by atoms with van der Waals surface area (Å²) in [5.74, 6) is -12.8. The number of amides is 3. The molecule has 1 unspecified atom stereocenters. The minimum Gasteiger partial charge on any atom is -0.480 e. The first-order valence-corrected chi connectivity index (χ1v) is 25.3. The quantitative estimate of drug-likeness (QED) is 0.0913. The molecule has 3 atom stereocenters. The first-order valence-electron chi connectivity index (χ1n) is 21.2. The van der Waals surface area contributed by atoms with Crippen LogP contribution in [-0.2, 0) is 67.5 Å². The zero-order valence-corrected chi connectivity index (χ0v) is 40.5. The van der Waals surface area contributed by atoms with Gasteiger partial charge in [-0.05, 0) is 75.3 Å². The fraction of sp³-hybridized carbons (Fsp3) is 0.442. The summed E-state index contributed by atoms with van der Waals surface area (Å²) >= 11 is 6.60. The predicted molar refractivity (Wildman–Crippen MR) is 237 cm³/mol. The maximum Gasteiger partial charge on any atom is 0.435 e. The topological polar surface area (TPSA) is 207 Å². The maximum atomic E-state index is 15.6. The molecule has 0 bridgehead atoms. The Kier molecular flexibility index (Phi) is 13.8. The molecule has 3 amide bonds. The molecule has 0 saturated heterocycles. The van der Waals surface area contributed by atoms with Gasteiger partial charge in [0.05, 0.1) is 38.7 Å². The Morgan fingerprint density at radius 1 is 0.944 bits per heavy atom. The lowest BCUT2D eigenvalue weighted by atomic mass is 9.93. The number of carbonyl (C=O) groups excluding carboxylic acids is 2. The maximum absolute atomic E-state index is 15.6. The summed E-state index contributed by atoms with van der Waals surface area (Å²) in [5.41, 5.74) is -5.51. The van der Waals surface area contributed by atoms with Crippen molar-refractivity contribution in [2.45, 2.75) is 87.6 Å². The zero-order valence-electron chi connectivity index (χ0n) is 38.1. The summed E-state index contributed by atoms with van der Waals surface area (Å²) in [6.45, 7) is -1.63. The zero-order chi connectivity index (χ0) is 53.6. The van der Waals surface area contributed by atoms with Crippen LogP contribution < -0.4 is 9.62 Å². The molecule has 72 heavy (non-hydrogen) atoms. The number of likely N-dealkylation sites (N-methyl/N-ethyl adjacent to an activating group) is 1. The molecule has 0 aliphatic heterocycles. The van der Waals surface area contributed by atoms with Crippen molar-refractivity contribution in [1.82, 2.24) is 34.8 Å². The number of hydrogen-bond donors (Lipinski definition) is 2. The monoisotopic (exact) mass is 1090 g/mol. The van der Waals surface area contributed by atoms with Gasteiger partial charge in [-0.15, -0.1) is 0 Å². The van der Waals surface area contributed by atoms with Crippen molar-refractivity contribution in [1.29, 1.82) is 0 Å². The van der Waals surface area contributed by atoms with Crippen LogP contribution in [0, 0.1) is 17.6 Å². The standard InChI is InChI=1S/C43H41ClF10N8O8S2/c1-40(2,71(4,67)68)11-10-23-6-7-24(25-8-9-28(44)33-35(25)61(19-41(47,48)49)58-38(33)62(72(5,69)70)39(66)59(3)18-31(64)65)34(55-23)29(14-20-12-21(45)15-22(46)13-20)56-30(63)17-60-37-32(36(57-60)43(52,53)54)26-16-27(26)42(37,50)51/h6-9,12-13,15,26-27,29H,10-11,14,16-19H2,1-5H3,(H,56,63)(H,64,65)/t26-,27?,29-/m0/s1. The van der Waals surface area contributed by atoms with E-state index in [1.54, 1.807) is 0 Å². The molecule has 390 valence electrons. The number of aromatic nitrogens is 5. The van der Waals surface area contributed by atoms with Crippen molar-refractivity contribution in [3.63, 3.8) is 0 Å². The number of rotatable bonds is 16. The van der Waals surface area contributed by atoms with E-state index in [4.69, 9.17) is 11.6 Å². The molecule has 2 N–H and O–H groups in total. The molecule has 7 rings (SSSR count). The highest BCUT2D eigenvalue weighted by Gasteiger charge is 2.68. The van der Waals surface area contributed by atoms with E-state index in [9.17, 15) is 71.4 Å². The molecular weight excluding hydrogens is 1050 g/mol. The van der Waals surface area contributed by atoms with Crippen molar-refractivity contribution >= 4 is 66.1 Å². The van der Waals surface area contributed by atoms with E-state index < -0.39 is 161 Å². The van der Waals surface area contributed by atoms with E-state index in [0.717, 1.165) is 37.6 Å². The Labute approximate surface area is 407 Å². The number of carboxylic acid groups (broad SMARTS) is 1. The van der Waals surface area contributed by atoms with E-state index in [1.165, 1.54) is 26.0 Å². The van der Waals surface area contributed by atoms with Crippen LogP contribution in [0.5, 0.6) is 0 Å². The number of carbonyl (C=O) groups is 3. The Morgan fingerprint density at radius 3 is 2.14 bits per heavy atom. The van der Waals surface area contributed by atoms with E-state index in [0.29, 0.717) is 17.2 Å². The number of pyridine rings is 1. The van der Waals surface area contributed by atoms with Crippen LogP contribution in [0.2, 0.25) is 5.02 Å². The van der Waals surface area contributed by atoms with Crippen molar-refractivity contribution in [2.75, 3.05) is 30.4 Å². The molecular formula is C43H41ClF10N8O8S2. The van der Waals surface area contributed by atoms with Crippen LogP contribution in [0.15, 0.2) is 42.5 Å². The number of nitrogens with one attached hydrogen (secondary N) is 1. The van der Waals surface area contributed by atoms with Gasteiger partial charge in [0.25, 0.3) is 5.92 Å². The van der Waals surface area contributed by atoms with Gasteiger partial charge in [-0.1, -0.05) is 23.7 Å². The van der Waals surface area contributed by atoms with Crippen LogP contribution in [0.3, 0.4) is 0 Å². The van der Waals surface area contributed by atoms with Gasteiger partial charge in [0.15, 0.2) is 21.3 Å². The van der Waals surface area contributed by atoms with Crippen LogP contribution in [-0.4, -0.2) is 106 Å². The summed E-state index contributed by atoms with van der Waals surface area (Å²) in [6, 6.07) is 3.38. The smallest absolute Gasteiger partial charge is 0.435 e. The molecule has 2 aliphatic carbocycles. The largest absolute Gasteiger partial charge is 0.480 e. The van der Waals surface area contributed by atoms with Gasteiger partial charge in [0, 0.05) is 47.7 Å². The van der Waals surface area contributed by atoms with Gasteiger partial charge in [0.1, 0.15) is 37.0 Å². The number of hydrogen-bond acceptors (Lipinski definition) is 10. The average molecular weight is 1090 g/mol. The highest BCUT2D eigenvalue weighted by molar-refractivity contribution is 7.93. The summed E-state index contributed by atoms with van der Waals surface area (Å²) in [6.07, 6.45) is -10.2. The first kappa shape index (κ1) is 53.8. The number of anilines is 1. The highest BCUT2D eigenvalue weighted by atomic mass is 35.5. The molecule has 0 radical (unpaired) electrons. The lowest BCUT2D eigenvalue weighted by Crippen LogP contribution is -2.46. The normalized spacial score (nSPS) is 17.1. The lowest BCUT2D eigenvalue weighted by molar-refractivity contribution is -0.143. The van der Waals surface area contributed by atoms with Crippen molar-refractivity contribution in [2.24, 2.45) is 5.92 Å². The number of aryl methyl sites for hydroxylation is 1. The third kappa shape index (κ3) is 10.7. The summed E-state index contributed by atoms with van der Waals surface area (Å²) in [7, 11) is -7.80. The van der Waals surface area contributed by atoms with E-state index >= 15 is 8.78 Å². The molecule has 1 saturated carbocycles.